The van der Waals surface area contributed by atoms with Gasteiger partial charge < -0.3 is 10.1 Å². The molecule has 1 aliphatic heterocycles. The second kappa shape index (κ2) is 9.90. The summed E-state index contributed by atoms with van der Waals surface area (Å²) in [5, 5.41) is 3.69. The van der Waals surface area contributed by atoms with Crippen molar-refractivity contribution in [3.63, 3.8) is 0 Å². The van der Waals surface area contributed by atoms with Gasteiger partial charge in [0.05, 0.1) is 0 Å². The summed E-state index contributed by atoms with van der Waals surface area (Å²) in [6.45, 7) is 7.74. The smallest absolute Gasteiger partial charge is 0.0469 e. The first kappa shape index (κ1) is 15.0. The van der Waals surface area contributed by atoms with Crippen molar-refractivity contribution in [3.8, 4) is 0 Å². The van der Waals surface area contributed by atoms with Gasteiger partial charge in [-0.1, -0.05) is 39.0 Å². The van der Waals surface area contributed by atoms with Crippen LogP contribution in [0.3, 0.4) is 0 Å². The van der Waals surface area contributed by atoms with E-state index in [1.54, 1.807) is 0 Å². The molecule has 1 fully saturated rings. The zero-order valence-corrected chi connectivity index (χ0v) is 11.8. The fraction of sp³-hybridized carbons (Fsp3) is 1.00. The molecule has 2 nitrogen and oxygen atoms in total. The van der Waals surface area contributed by atoms with Gasteiger partial charge >= 0.3 is 0 Å². The molecule has 0 bridgehead atoms. The van der Waals surface area contributed by atoms with E-state index < -0.39 is 0 Å². The predicted octanol–water partition coefficient (Wildman–Crippen LogP) is 3.75. The zero-order valence-electron chi connectivity index (χ0n) is 11.8. The molecular formula is C15H31NO. The number of rotatable bonds is 9. The highest BCUT2D eigenvalue weighted by atomic mass is 16.5. The highest BCUT2D eigenvalue weighted by molar-refractivity contribution is 4.69. The lowest BCUT2D eigenvalue weighted by molar-refractivity contribution is 0.0655. The summed E-state index contributed by atoms with van der Waals surface area (Å²) in [4.78, 5) is 0. The number of hydrogen-bond donors (Lipinski definition) is 1. The van der Waals surface area contributed by atoms with Crippen molar-refractivity contribution in [2.75, 3.05) is 19.8 Å². The van der Waals surface area contributed by atoms with Crippen LogP contribution in [0.5, 0.6) is 0 Å². The van der Waals surface area contributed by atoms with Crippen LogP contribution in [-0.2, 0) is 4.74 Å². The normalized spacial score (nSPS) is 19.4. The summed E-state index contributed by atoms with van der Waals surface area (Å²) < 4.78 is 5.38. The standard InChI is InChI=1S/C15H31NO/c1-3-4-5-6-7-8-14(2)16-13-15-9-11-17-12-10-15/h14-16H,3-13H2,1-2H3. The summed E-state index contributed by atoms with van der Waals surface area (Å²) in [6, 6.07) is 0.694. The van der Waals surface area contributed by atoms with E-state index in [4.69, 9.17) is 4.74 Å². The minimum Gasteiger partial charge on any atom is -0.381 e. The van der Waals surface area contributed by atoms with Crippen LogP contribution >= 0.6 is 0 Å². The third kappa shape index (κ3) is 7.77. The Hall–Kier alpha value is -0.0800. The van der Waals surface area contributed by atoms with Crippen molar-refractivity contribution in [2.45, 2.75) is 71.3 Å². The highest BCUT2D eigenvalue weighted by Crippen LogP contribution is 2.14. The van der Waals surface area contributed by atoms with Crippen molar-refractivity contribution in [1.82, 2.24) is 5.32 Å². The van der Waals surface area contributed by atoms with Crippen LogP contribution in [0.25, 0.3) is 0 Å². The Morgan fingerprint density at radius 3 is 2.53 bits per heavy atom. The quantitative estimate of drug-likeness (QED) is 0.621. The monoisotopic (exact) mass is 241 g/mol. The van der Waals surface area contributed by atoms with Crippen LogP contribution in [0.15, 0.2) is 0 Å². The Morgan fingerprint density at radius 2 is 1.82 bits per heavy atom. The Kier molecular flexibility index (Phi) is 8.72. The van der Waals surface area contributed by atoms with Gasteiger partial charge in [0.2, 0.25) is 0 Å². The van der Waals surface area contributed by atoms with Crippen molar-refractivity contribution >= 4 is 0 Å². The zero-order chi connectivity index (χ0) is 12.3. The first-order valence-electron chi connectivity index (χ1n) is 7.64. The van der Waals surface area contributed by atoms with Gasteiger partial charge in [0.1, 0.15) is 0 Å². The number of hydrogen-bond acceptors (Lipinski definition) is 2. The Bertz CT molecular complexity index is 166. The molecule has 1 N–H and O–H groups in total. The van der Waals surface area contributed by atoms with E-state index in [1.807, 2.05) is 0 Å². The fourth-order valence-electron chi connectivity index (χ4n) is 2.47. The van der Waals surface area contributed by atoms with Crippen molar-refractivity contribution < 1.29 is 4.74 Å². The van der Waals surface area contributed by atoms with Crippen molar-refractivity contribution in [2.24, 2.45) is 5.92 Å². The molecule has 17 heavy (non-hydrogen) atoms. The van der Waals surface area contributed by atoms with E-state index in [0.29, 0.717) is 6.04 Å². The third-order valence-electron chi connectivity index (χ3n) is 3.84. The molecule has 1 unspecified atom stereocenters. The van der Waals surface area contributed by atoms with Crippen LogP contribution in [0, 0.1) is 5.92 Å². The van der Waals surface area contributed by atoms with Crippen LogP contribution in [0.1, 0.15) is 65.2 Å². The van der Waals surface area contributed by atoms with Gasteiger partial charge in [-0.3, -0.25) is 0 Å². The van der Waals surface area contributed by atoms with Gasteiger partial charge in [-0.25, -0.2) is 0 Å². The van der Waals surface area contributed by atoms with Crippen LogP contribution in [-0.4, -0.2) is 25.8 Å². The summed E-state index contributed by atoms with van der Waals surface area (Å²) >= 11 is 0. The summed E-state index contributed by atoms with van der Waals surface area (Å²) in [5.41, 5.74) is 0. The van der Waals surface area contributed by atoms with Gasteiger partial charge in [-0.05, 0) is 38.6 Å². The van der Waals surface area contributed by atoms with Gasteiger partial charge in [0.15, 0.2) is 0 Å². The minimum atomic E-state index is 0.694. The van der Waals surface area contributed by atoms with E-state index in [1.165, 1.54) is 57.9 Å². The van der Waals surface area contributed by atoms with Gasteiger partial charge in [-0.2, -0.15) is 0 Å². The maximum Gasteiger partial charge on any atom is 0.0469 e. The summed E-state index contributed by atoms with van der Waals surface area (Å²) in [7, 11) is 0. The number of nitrogens with one attached hydrogen (secondary N) is 1. The third-order valence-corrected chi connectivity index (χ3v) is 3.84. The Labute approximate surface area is 108 Å². The molecule has 0 spiro atoms. The molecule has 1 atom stereocenters. The first-order chi connectivity index (χ1) is 8.33. The lowest BCUT2D eigenvalue weighted by Crippen LogP contribution is -2.33. The molecule has 0 amide bonds. The predicted molar refractivity (Wildman–Crippen MR) is 74.4 cm³/mol. The highest BCUT2D eigenvalue weighted by Gasteiger charge is 2.14. The first-order valence-corrected chi connectivity index (χ1v) is 7.64. The van der Waals surface area contributed by atoms with Gasteiger partial charge in [0, 0.05) is 19.3 Å². The van der Waals surface area contributed by atoms with E-state index in [-0.39, 0.29) is 0 Å². The Morgan fingerprint density at radius 1 is 1.12 bits per heavy atom. The minimum absolute atomic E-state index is 0.694. The molecule has 0 aromatic rings. The molecule has 102 valence electrons. The second-order valence-electron chi connectivity index (χ2n) is 5.57. The fourth-order valence-corrected chi connectivity index (χ4v) is 2.47. The Balaban J connectivity index is 1.91. The molecule has 1 saturated heterocycles. The second-order valence-corrected chi connectivity index (χ2v) is 5.57. The van der Waals surface area contributed by atoms with E-state index in [2.05, 4.69) is 19.2 Å². The molecule has 1 aliphatic rings. The van der Waals surface area contributed by atoms with E-state index in [0.717, 1.165) is 19.1 Å². The van der Waals surface area contributed by atoms with Gasteiger partial charge in [-0.15, -0.1) is 0 Å². The summed E-state index contributed by atoms with van der Waals surface area (Å²) in [6.07, 6.45) is 10.8. The molecule has 0 aromatic carbocycles. The lowest BCUT2D eigenvalue weighted by Gasteiger charge is -2.24. The topological polar surface area (TPSA) is 21.3 Å². The maximum absolute atomic E-state index is 5.38. The molecule has 0 aromatic heterocycles. The van der Waals surface area contributed by atoms with E-state index in [9.17, 15) is 0 Å². The molecular weight excluding hydrogens is 210 g/mol. The molecule has 0 aliphatic carbocycles. The average Bonchev–Trinajstić information content (AvgIpc) is 2.37. The molecule has 0 saturated carbocycles. The SMILES string of the molecule is CCCCCCCC(C)NCC1CCOCC1. The van der Waals surface area contributed by atoms with Crippen molar-refractivity contribution in [1.29, 1.82) is 0 Å². The average molecular weight is 241 g/mol. The maximum atomic E-state index is 5.38. The summed E-state index contributed by atoms with van der Waals surface area (Å²) in [5.74, 6) is 0.853. The largest absolute Gasteiger partial charge is 0.381 e. The van der Waals surface area contributed by atoms with Crippen LogP contribution in [0.2, 0.25) is 0 Å². The van der Waals surface area contributed by atoms with E-state index >= 15 is 0 Å². The number of ether oxygens (including phenoxy) is 1. The van der Waals surface area contributed by atoms with Crippen molar-refractivity contribution in [3.05, 3.63) is 0 Å². The molecule has 0 radical (unpaired) electrons. The molecule has 1 heterocycles. The number of unbranched alkanes of at least 4 members (excludes halogenated alkanes) is 4. The van der Waals surface area contributed by atoms with Crippen LogP contribution in [0.4, 0.5) is 0 Å². The molecule has 1 rings (SSSR count). The molecule has 2 heteroatoms. The lowest BCUT2D eigenvalue weighted by atomic mass is 9.99. The van der Waals surface area contributed by atoms with Crippen LogP contribution < -0.4 is 5.32 Å². The van der Waals surface area contributed by atoms with Gasteiger partial charge in [0.25, 0.3) is 0 Å².